The number of amides is 1. The number of hydrogen-bond acceptors (Lipinski definition) is 2. The normalized spacial score (nSPS) is 33.8. The van der Waals surface area contributed by atoms with Crippen LogP contribution < -0.4 is 0 Å². The van der Waals surface area contributed by atoms with Crippen molar-refractivity contribution < 1.29 is 9.53 Å². The topological polar surface area (TPSA) is 29.5 Å². The number of nitrogens with zero attached hydrogens (tertiary/aromatic N) is 1. The van der Waals surface area contributed by atoms with Crippen molar-refractivity contribution in [2.45, 2.75) is 38.0 Å². The predicted molar refractivity (Wildman–Crippen MR) is 68.2 cm³/mol. The number of ether oxygens (including phenoxy) is 1. The summed E-state index contributed by atoms with van der Waals surface area (Å²) in [4.78, 5) is 14.1. The highest BCUT2D eigenvalue weighted by Gasteiger charge is 2.50. The molecule has 0 unspecified atom stereocenters. The average molecular weight is 260 g/mol. The van der Waals surface area contributed by atoms with Crippen LogP contribution in [0.2, 0.25) is 0 Å². The first-order valence-electron chi connectivity index (χ1n) is 6.55. The van der Waals surface area contributed by atoms with Crippen molar-refractivity contribution in [1.82, 2.24) is 4.90 Å². The zero-order chi connectivity index (χ0) is 12.5. The zero-order valence-electron chi connectivity index (χ0n) is 10.7. The zero-order valence-corrected chi connectivity index (χ0v) is 11.5. The second-order valence-corrected chi connectivity index (χ2v) is 6.01. The first-order chi connectivity index (χ1) is 8.13. The minimum Gasteiger partial charge on any atom is -0.384 e. The summed E-state index contributed by atoms with van der Waals surface area (Å²) in [5.74, 6) is 0.728. The van der Waals surface area contributed by atoms with Crippen molar-refractivity contribution in [2.24, 2.45) is 11.3 Å². The van der Waals surface area contributed by atoms with Gasteiger partial charge in [0.25, 0.3) is 0 Å². The number of carbonyl (C=O) groups excluding carboxylic acids is 1. The van der Waals surface area contributed by atoms with Crippen molar-refractivity contribution in [2.75, 3.05) is 26.8 Å². The minimum absolute atomic E-state index is 0.110. The van der Waals surface area contributed by atoms with Gasteiger partial charge in [-0.15, -0.1) is 11.6 Å². The number of halogens is 1. The van der Waals surface area contributed by atoms with E-state index in [9.17, 15) is 4.79 Å². The van der Waals surface area contributed by atoms with Crippen LogP contribution in [-0.4, -0.2) is 43.0 Å². The highest BCUT2D eigenvalue weighted by Crippen LogP contribution is 2.48. The number of hydrogen-bond donors (Lipinski definition) is 0. The van der Waals surface area contributed by atoms with Crippen LogP contribution in [0.5, 0.6) is 0 Å². The van der Waals surface area contributed by atoms with Gasteiger partial charge in [-0.25, -0.2) is 0 Å². The summed E-state index contributed by atoms with van der Waals surface area (Å²) in [6.45, 7) is 4.46. The molecule has 0 aromatic carbocycles. The maximum Gasteiger partial charge on any atom is 0.240 e. The fourth-order valence-corrected chi connectivity index (χ4v) is 3.62. The Hall–Kier alpha value is -0.280. The molecule has 3 nitrogen and oxygen atoms in total. The third-order valence-electron chi connectivity index (χ3n) is 4.41. The third kappa shape index (κ3) is 2.32. The summed E-state index contributed by atoms with van der Waals surface area (Å²) < 4.78 is 5.37. The van der Waals surface area contributed by atoms with Gasteiger partial charge in [0.2, 0.25) is 5.91 Å². The summed E-state index contributed by atoms with van der Waals surface area (Å²) >= 11 is 6.05. The molecule has 2 aliphatic rings. The standard InChI is InChI=1S/C13H22ClNO2/c1-3-11(14)12(16)15-7-10-5-4-6-13(10,8-15)9-17-2/h10-11H,3-9H2,1-2H3/t10-,11-,13+/m0/s1. The Bertz CT molecular complexity index is 297. The van der Waals surface area contributed by atoms with E-state index in [-0.39, 0.29) is 16.7 Å². The molecule has 1 saturated heterocycles. The monoisotopic (exact) mass is 259 g/mol. The lowest BCUT2D eigenvalue weighted by Gasteiger charge is -2.28. The molecular weight excluding hydrogens is 238 g/mol. The highest BCUT2D eigenvalue weighted by atomic mass is 35.5. The van der Waals surface area contributed by atoms with Gasteiger partial charge in [0.1, 0.15) is 5.38 Å². The third-order valence-corrected chi connectivity index (χ3v) is 4.90. The fourth-order valence-electron chi connectivity index (χ4n) is 3.48. The van der Waals surface area contributed by atoms with Crippen LogP contribution in [0, 0.1) is 11.3 Å². The van der Waals surface area contributed by atoms with Gasteiger partial charge < -0.3 is 9.64 Å². The predicted octanol–water partition coefficient (Wildman–Crippen LogP) is 2.28. The molecule has 1 aliphatic heterocycles. The molecule has 0 aromatic rings. The van der Waals surface area contributed by atoms with Gasteiger partial charge in [0.05, 0.1) is 6.61 Å². The van der Waals surface area contributed by atoms with Crippen LogP contribution in [0.15, 0.2) is 0 Å². The Kier molecular flexibility index (Phi) is 3.99. The Morgan fingerprint density at radius 3 is 3.06 bits per heavy atom. The second-order valence-electron chi connectivity index (χ2n) is 5.48. The molecule has 3 atom stereocenters. The van der Waals surface area contributed by atoms with Crippen LogP contribution in [0.3, 0.4) is 0 Å². The first kappa shape index (κ1) is 13.2. The Labute approximate surface area is 108 Å². The molecule has 1 amide bonds. The fraction of sp³-hybridized carbons (Fsp3) is 0.923. The molecule has 0 spiro atoms. The maximum atomic E-state index is 12.1. The van der Waals surface area contributed by atoms with Crippen molar-refractivity contribution in [3.63, 3.8) is 0 Å². The van der Waals surface area contributed by atoms with Gasteiger partial charge in [0.15, 0.2) is 0 Å². The SMILES string of the molecule is CC[C@H](Cl)C(=O)N1C[C@@H]2CCC[C@]2(COC)C1. The molecule has 2 fully saturated rings. The van der Waals surface area contributed by atoms with Gasteiger partial charge in [-0.3, -0.25) is 4.79 Å². The molecule has 0 N–H and O–H groups in total. The number of methoxy groups -OCH3 is 1. The average Bonchev–Trinajstić information content (AvgIpc) is 2.83. The van der Waals surface area contributed by atoms with Crippen molar-refractivity contribution in [3.05, 3.63) is 0 Å². The summed E-state index contributed by atoms with van der Waals surface area (Å²) in [5.41, 5.74) is 0.217. The van der Waals surface area contributed by atoms with Crippen LogP contribution >= 0.6 is 11.6 Å². The highest BCUT2D eigenvalue weighted by molar-refractivity contribution is 6.30. The van der Waals surface area contributed by atoms with E-state index in [0.717, 1.165) is 19.7 Å². The molecule has 1 aliphatic carbocycles. The summed E-state index contributed by atoms with van der Waals surface area (Å²) in [6.07, 6.45) is 4.40. The van der Waals surface area contributed by atoms with E-state index >= 15 is 0 Å². The van der Waals surface area contributed by atoms with Crippen LogP contribution in [0.25, 0.3) is 0 Å². The Morgan fingerprint density at radius 2 is 2.41 bits per heavy atom. The van der Waals surface area contributed by atoms with Gasteiger partial charge in [-0.05, 0) is 25.2 Å². The smallest absolute Gasteiger partial charge is 0.240 e. The number of alkyl halides is 1. The summed E-state index contributed by atoms with van der Waals surface area (Å²) in [7, 11) is 1.75. The maximum absolute atomic E-state index is 12.1. The molecule has 0 aromatic heterocycles. The van der Waals surface area contributed by atoms with E-state index in [1.807, 2.05) is 11.8 Å². The molecule has 0 radical (unpaired) electrons. The Balaban J connectivity index is 2.04. The van der Waals surface area contributed by atoms with Gasteiger partial charge >= 0.3 is 0 Å². The number of rotatable bonds is 4. The van der Waals surface area contributed by atoms with Crippen molar-refractivity contribution >= 4 is 17.5 Å². The lowest BCUT2D eigenvalue weighted by atomic mass is 9.82. The van der Waals surface area contributed by atoms with Gasteiger partial charge in [-0.2, -0.15) is 0 Å². The Morgan fingerprint density at radius 1 is 1.65 bits per heavy atom. The second kappa shape index (κ2) is 5.15. The van der Waals surface area contributed by atoms with Crippen LogP contribution in [0.4, 0.5) is 0 Å². The first-order valence-corrected chi connectivity index (χ1v) is 6.98. The lowest BCUT2D eigenvalue weighted by Crippen LogP contribution is -2.38. The van der Waals surface area contributed by atoms with Crippen molar-refractivity contribution in [1.29, 1.82) is 0 Å². The number of likely N-dealkylation sites (tertiary alicyclic amines) is 1. The summed E-state index contributed by atoms with van der Waals surface area (Å²) in [6, 6.07) is 0. The van der Waals surface area contributed by atoms with Gasteiger partial charge in [0, 0.05) is 25.6 Å². The van der Waals surface area contributed by atoms with E-state index < -0.39 is 0 Å². The quantitative estimate of drug-likeness (QED) is 0.725. The molecule has 0 bridgehead atoms. The van der Waals surface area contributed by atoms with E-state index in [2.05, 4.69) is 0 Å². The molecule has 4 heteroatoms. The molecule has 17 heavy (non-hydrogen) atoms. The molecule has 98 valence electrons. The molecule has 1 saturated carbocycles. The van der Waals surface area contributed by atoms with Gasteiger partial charge in [-0.1, -0.05) is 13.3 Å². The number of fused-ring (bicyclic) bond motifs is 1. The van der Waals surface area contributed by atoms with Crippen molar-refractivity contribution in [3.8, 4) is 0 Å². The summed E-state index contributed by atoms with van der Waals surface area (Å²) in [5, 5.41) is -0.353. The minimum atomic E-state index is -0.353. The molecular formula is C13H22ClNO2. The molecule has 1 heterocycles. The van der Waals surface area contributed by atoms with E-state index in [1.54, 1.807) is 7.11 Å². The van der Waals surface area contributed by atoms with Crippen LogP contribution in [-0.2, 0) is 9.53 Å². The molecule has 2 rings (SSSR count). The van der Waals surface area contributed by atoms with E-state index in [4.69, 9.17) is 16.3 Å². The number of carbonyl (C=O) groups is 1. The van der Waals surface area contributed by atoms with E-state index in [0.29, 0.717) is 12.3 Å². The van der Waals surface area contributed by atoms with Crippen LogP contribution in [0.1, 0.15) is 32.6 Å². The largest absolute Gasteiger partial charge is 0.384 e. The lowest BCUT2D eigenvalue weighted by molar-refractivity contribution is -0.130. The van der Waals surface area contributed by atoms with E-state index in [1.165, 1.54) is 19.3 Å².